The van der Waals surface area contributed by atoms with E-state index in [4.69, 9.17) is 4.74 Å². The van der Waals surface area contributed by atoms with Crippen LogP contribution in [0.1, 0.15) is 18.2 Å². The van der Waals surface area contributed by atoms with Crippen LogP contribution in [0.2, 0.25) is 0 Å². The average molecular weight is 263 g/mol. The fourth-order valence-electron chi connectivity index (χ4n) is 1.67. The van der Waals surface area contributed by atoms with E-state index in [1.165, 1.54) is 12.1 Å². The molecule has 0 bridgehead atoms. The zero-order chi connectivity index (χ0) is 13.7. The predicted molar refractivity (Wildman–Crippen MR) is 71.5 cm³/mol. The first-order valence-corrected chi connectivity index (χ1v) is 6.26. The predicted octanol–water partition coefficient (Wildman–Crippen LogP) is 2.41. The Bertz CT molecular complexity index is 527. The second-order valence-corrected chi connectivity index (χ2v) is 4.57. The molecule has 0 spiro atoms. The quantitative estimate of drug-likeness (QED) is 0.841. The molecule has 1 aromatic heterocycles. The van der Waals surface area contributed by atoms with Gasteiger partial charge in [-0.25, -0.2) is 4.39 Å². The van der Waals surface area contributed by atoms with E-state index in [-0.39, 0.29) is 11.9 Å². The summed E-state index contributed by atoms with van der Waals surface area (Å²) in [5.74, 6) is 0.264. The maximum atomic E-state index is 13.0. The Hall–Kier alpha value is -1.88. The molecule has 0 aliphatic heterocycles. The van der Waals surface area contributed by atoms with Gasteiger partial charge in [-0.1, -0.05) is 6.07 Å². The minimum Gasteiger partial charge on any atom is -0.492 e. The molecule has 1 heterocycles. The summed E-state index contributed by atoms with van der Waals surface area (Å²) in [6, 6.07) is 6.33. The van der Waals surface area contributed by atoms with Crippen molar-refractivity contribution < 1.29 is 9.13 Å². The fraction of sp³-hybridized carbons (Fsp3) is 0.357. The third-order valence-corrected chi connectivity index (χ3v) is 2.87. The maximum Gasteiger partial charge on any atom is 0.126 e. The molecule has 1 aromatic carbocycles. The number of hydrogen-bond acceptors (Lipinski definition) is 3. The lowest BCUT2D eigenvalue weighted by atomic mass is 10.2. The molecule has 4 nitrogen and oxygen atoms in total. The zero-order valence-electron chi connectivity index (χ0n) is 11.1. The van der Waals surface area contributed by atoms with E-state index in [2.05, 4.69) is 15.5 Å². The van der Waals surface area contributed by atoms with Crippen LogP contribution in [0.25, 0.3) is 0 Å². The molecule has 0 fully saturated rings. The molecule has 19 heavy (non-hydrogen) atoms. The lowest BCUT2D eigenvalue weighted by Crippen LogP contribution is -2.31. The second-order valence-electron chi connectivity index (χ2n) is 4.57. The number of ether oxygens (including phenoxy) is 1. The van der Waals surface area contributed by atoms with Crippen molar-refractivity contribution in [3.05, 3.63) is 47.5 Å². The highest BCUT2D eigenvalue weighted by atomic mass is 19.1. The lowest BCUT2D eigenvalue weighted by Gasteiger charge is -2.14. The van der Waals surface area contributed by atoms with Gasteiger partial charge >= 0.3 is 0 Å². The Labute approximate surface area is 112 Å². The molecule has 0 saturated carbocycles. The molecule has 5 heteroatoms. The van der Waals surface area contributed by atoms with Gasteiger partial charge in [0.2, 0.25) is 0 Å². The van der Waals surface area contributed by atoms with Crippen LogP contribution in [-0.4, -0.2) is 22.8 Å². The molecule has 0 aliphatic rings. The first-order chi connectivity index (χ1) is 9.15. The van der Waals surface area contributed by atoms with Gasteiger partial charge in [-0.15, -0.1) is 0 Å². The summed E-state index contributed by atoms with van der Waals surface area (Å²) in [6.45, 7) is 5.23. The van der Waals surface area contributed by atoms with Crippen molar-refractivity contribution in [2.45, 2.75) is 26.4 Å². The number of nitrogens with one attached hydrogen (secondary N) is 2. The highest BCUT2D eigenvalue weighted by molar-refractivity contribution is 5.22. The van der Waals surface area contributed by atoms with Gasteiger partial charge in [-0.3, -0.25) is 5.10 Å². The molecule has 0 radical (unpaired) electrons. The summed E-state index contributed by atoms with van der Waals surface area (Å²) >= 11 is 0. The van der Waals surface area contributed by atoms with E-state index < -0.39 is 0 Å². The van der Waals surface area contributed by atoms with Crippen LogP contribution in [0.4, 0.5) is 4.39 Å². The Morgan fingerprint density at radius 1 is 1.47 bits per heavy atom. The van der Waals surface area contributed by atoms with Crippen molar-refractivity contribution in [1.82, 2.24) is 15.5 Å². The summed E-state index contributed by atoms with van der Waals surface area (Å²) in [5, 5.41) is 10.2. The van der Waals surface area contributed by atoms with Gasteiger partial charge in [-0.2, -0.15) is 5.10 Å². The van der Waals surface area contributed by atoms with Crippen LogP contribution in [0.5, 0.6) is 5.75 Å². The molecule has 2 N–H and O–H groups in total. The number of hydrogen-bond donors (Lipinski definition) is 2. The van der Waals surface area contributed by atoms with Crippen molar-refractivity contribution in [3.8, 4) is 5.75 Å². The SMILES string of the molecule is Cc1[nH]ncc1CN[C@H](C)COc1cccc(F)c1. The Balaban J connectivity index is 1.76. The third kappa shape index (κ3) is 4.06. The monoisotopic (exact) mass is 263 g/mol. The van der Waals surface area contributed by atoms with Gasteiger partial charge in [0.15, 0.2) is 0 Å². The molecule has 0 saturated heterocycles. The smallest absolute Gasteiger partial charge is 0.126 e. The van der Waals surface area contributed by atoms with Crippen molar-refractivity contribution in [2.24, 2.45) is 0 Å². The van der Waals surface area contributed by atoms with Crippen molar-refractivity contribution in [1.29, 1.82) is 0 Å². The summed E-state index contributed by atoms with van der Waals surface area (Å²) in [5.41, 5.74) is 2.20. The van der Waals surface area contributed by atoms with E-state index in [9.17, 15) is 4.39 Å². The summed E-state index contributed by atoms with van der Waals surface area (Å²) in [6.07, 6.45) is 1.81. The van der Waals surface area contributed by atoms with Gasteiger partial charge in [0.25, 0.3) is 0 Å². The molecule has 102 valence electrons. The van der Waals surface area contributed by atoms with Gasteiger partial charge in [0.1, 0.15) is 18.2 Å². The Kier molecular flexibility index (Phi) is 4.52. The van der Waals surface area contributed by atoms with E-state index in [0.717, 1.165) is 17.8 Å². The highest BCUT2D eigenvalue weighted by Gasteiger charge is 2.05. The topological polar surface area (TPSA) is 49.9 Å². The van der Waals surface area contributed by atoms with Crippen LogP contribution in [-0.2, 0) is 6.54 Å². The summed E-state index contributed by atoms with van der Waals surface area (Å²) < 4.78 is 18.5. The number of halogens is 1. The first kappa shape index (κ1) is 13.5. The van der Waals surface area contributed by atoms with Crippen LogP contribution < -0.4 is 10.1 Å². The third-order valence-electron chi connectivity index (χ3n) is 2.87. The van der Waals surface area contributed by atoms with Crippen LogP contribution >= 0.6 is 0 Å². The van der Waals surface area contributed by atoms with Gasteiger partial charge in [-0.05, 0) is 26.0 Å². The second kappa shape index (κ2) is 6.33. The molecule has 0 unspecified atom stereocenters. The molecule has 1 atom stereocenters. The largest absolute Gasteiger partial charge is 0.492 e. The summed E-state index contributed by atoms with van der Waals surface area (Å²) in [7, 11) is 0. The average Bonchev–Trinajstić information content (AvgIpc) is 2.80. The Morgan fingerprint density at radius 3 is 3.00 bits per heavy atom. The molecule has 0 amide bonds. The van der Waals surface area contributed by atoms with Crippen molar-refractivity contribution >= 4 is 0 Å². The van der Waals surface area contributed by atoms with Gasteiger partial charge in [0.05, 0.1) is 6.20 Å². The Morgan fingerprint density at radius 2 is 2.32 bits per heavy atom. The summed E-state index contributed by atoms with van der Waals surface area (Å²) in [4.78, 5) is 0. The molecular formula is C14H18FN3O. The minimum absolute atomic E-state index is 0.164. The normalized spacial score (nSPS) is 12.4. The number of benzene rings is 1. The number of nitrogens with zero attached hydrogens (tertiary/aromatic N) is 1. The van der Waals surface area contributed by atoms with Crippen molar-refractivity contribution in [3.63, 3.8) is 0 Å². The fourth-order valence-corrected chi connectivity index (χ4v) is 1.67. The van der Waals surface area contributed by atoms with E-state index in [0.29, 0.717) is 12.4 Å². The minimum atomic E-state index is -0.285. The van der Waals surface area contributed by atoms with Crippen LogP contribution in [0, 0.1) is 12.7 Å². The van der Waals surface area contributed by atoms with Gasteiger partial charge in [0, 0.05) is 29.9 Å². The van der Waals surface area contributed by atoms with Crippen LogP contribution in [0.15, 0.2) is 30.5 Å². The number of aryl methyl sites for hydroxylation is 1. The van der Waals surface area contributed by atoms with Gasteiger partial charge < -0.3 is 10.1 Å². The molecule has 2 rings (SSSR count). The van der Waals surface area contributed by atoms with E-state index in [1.54, 1.807) is 12.1 Å². The van der Waals surface area contributed by atoms with Crippen molar-refractivity contribution in [2.75, 3.05) is 6.61 Å². The highest BCUT2D eigenvalue weighted by Crippen LogP contribution is 2.12. The number of aromatic amines is 1. The number of H-pyrrole nitrogens is 1. The maximum absolute atomic E-state index is 13.0. The first-order valence-electron chi connectivity index (χ1n) is 6.26. The zero-order valence-corrected chi connectivity index (χ0v) is 11.1. The number of rotatable bonds is 6. The van der Waals surface area contributed by atoms with Crippen LogP contribution in [0.3, 0.4) is 0 Å². The lowest BCUT2D eigenvalue weighted by molar-refractivity contribution is 0.271. The number of aromatic nitrogens is 2. The molecule has 2 aromatic rings. The van der Waals surface area contributed by atoms with E-state index >= 15 is 0 Å². The van der Waals surface area contributed by atoms with E-state index in [1.807, 2.05) is 20.0 Å². The standard InChI is InChI=1S/C14H18FN3O/c1-10(16-7-12-8-17-18-11(12)2)9-19-14-5-3-4-13(15)6-14/h3-6,8,10,16H,7,9H2,1-2H3,(H,17,18)/t10-/m1/s1. The molecular weight excluding hydrogens is 245 g/mol. The molecule has 0 aliphatic carbocycles.